The zero-order valence-electron chi connectivity index (χ0n) is 20.7. The van der Waals surface area contributed by atoms with E-state index in [4.69, 9.17) is 9.47 Å². The Hall–Kier alpha value is -4.22. The fourth-order valence-electron chi connectivity index (χ4n) is 4.48. The first kappa shape index (κ1) is 26.8. The Morgan fingerprint density at radius 1 is 1.08 bits per heavy atom. The second kappa shape index (κ2) is 11.4. The molecule has 2 heterocycles. The topological polar surface area (TPSA) is 106 Å². The molecular formula is C26H27F3N4O5. The van der Waals surface area contributed by atoms with E-state index in [2.05, 4.69) is 20.0 Å². The van der Waals surface area contributed by atoms with Crippen molar-refractivity contribution in [2.75, 3.05) is 44.1 Å². The maximum absolute atomic E-state index is 12.3. The lowest BCUT2D eigenvalue weighted by Crippen LogP contribution is -2.24. The van der Waals surface area contributed by atoms with Gasteiger partial charge in [-0.05, 0) is 35.7 Å². The summed E-state index contributed by atoms with van der Waals surface area (Å²) in [6, 6.07) is 14.8. The van der Waals surface area contributed by atoms with E-state index < -0.39 is 18.2 Å². The van der Waals surface area contributed by atoms with E-state index in [9.17, 15) is 23.1 Å². The fourth-order valence-corrected chi connectivity index (χ4v) is 4.48. The molecule has 1 aliphatic heterocycles. The lowest BCUT2D eigenvalue weighted by Gasteiger charge is -2.20. The number of carboxylic acid groups (broad SMARTS) is 1. The Labute approximate surface area is 217 Å². The van der Waals surface area contributed by atoms with Crippen molar-refractivity contribution in [1.82, 2.24) is 9.97 Å². The minimum absolute atomic E-state index is 0.117. The highest BCUT2D eigenvalue weighted by molar-refractivity contribution is 5.74. The minimum Gasteiger partial charge on any atom is -0.496 e. The van der Waals surface area contributed by atoms with Gasteiger partial charge in [0.25, 0.3) is 0 Å². The highest BCUT2D eigenvalue weighted by Gasteiger charge is 2.40. The van der Waals surface area contributed by atoms with Gasteiger partial charge in [-0.15, -0.1) is 13.2 Å². The highest BCUT2D eigenvalue weighted by atomic mass is 19.4. The molecule has 1 fully saturated rings. The molecule has 0 bridgehead atoms. The summed E-state index contributed by atoms with van der Waals surface area (Å²) < 4.78 is 51.7. The second-order valence-corrected chi connectivity index (χ2v) is 8.66. The van der Waals surface area contributed by atoms with Crippen LogP contribution in [-0.4, -0.2) is 61.3 Å². The van der Waals surface area contributed by atoms with E-state index in [1.54, 1.807) is 25.3 Å². The molecule has 0 unspecified atom stereocenters. The second-order valence-electron chi connectivity index (χ2n) is 8.66. The Morgan fingerprint density at radius 2 is 1.82 bits per heavy atom. The molecule has 1 aliphatic rings. The van der Waals surface area contributed by atoms with Gasteiger partial charge in [0.1, 0.15) is 23.1 Å². The van der Waals surface area contributed by atoms with Gasteiger partial charge >= 0.3 is 18.3 Å². The molecule has 0 amide bonds. The number of para-hydroxylation sites is 1. The predicted molar refractivity (Wildman–Crippen MR) is 133 cm³/mol. The summed E-state index contributed by atoms with van der Waals surface area (Å²) in [7, 11) is 2.99. The molecule has 2 aromatic carbocycles. The molecule has 9 nitrogen and oxygen atoms in total. The number of carbonyl (C=O) groups is 1. The standard InChI is InChI=1S/C26H27F3N4O5/c1-36-21-6-4-3-5-18(21)19-14-33(15-20(19)24(34)35)23-13-22(31-25(32-23)37-2)30-12-11-16-7-9-17(10-8-16)38-26(27,28)29/h3-10,13,19-20H,11-12,14-15H2,1-2H3,(H,34,35)(H,30,31,32)/t19-,20+/m0/s1. The Balaban J connectivity index is 1.46. The first-order valence-corrected chi connectivity index (χ1v) is 11.8. The molecule has 1 saturated heterocycles. The van der Waals surface area contributed by atoms with Crippen molar-refractivity contribution in [3.05, 3.63) is 65.7 Å². The highest BCUT2D eigenvalue weighted by Crippen LogP contribution is 2.39. The average Bonchev–Trinajstić information content (AvgIpc) is 3.34. The quantitative estimate of drug-likeness (QED) is 0.394. The molecule has 1 aromatic heterocycles. The third-order valence-corrected chi connectivity index (χ3v) is 6.25. The predicted octanol–water partition coefficient (Wildman–Crippen LogP) is 4.35. The van der Waals surface area contributed by atoms with Crippen LogP contribution in [0.5, 0.6) is 17.5 Å². The van der Waals surface area contributed by atoms with E-state index in [0.717, 1.165) is 11.1 Å². The minimum atomic E-state index is -4.74. The van der Waals surface area contributed by atoms with Crippen LogP contribution in [0.3, 0.4) is 0 Å². The SMILES string of the molecule is COc1nc(NCCc2ccc(OC(F)(F)F)cc2)cc(N2C[C@@H](C(=O)O)[C@H](c3ccccc3OC)C2)n1. The zero-order chi connectivity index (χ0) is 27.3. The summed E-state index contributed by atoms with van der Waals surface area (Å²) in [4.78, 5) is 22.7. The van der Waals surface area contributed by atoms with E-state index in [1.165, 1.54) is 19.2 Å². The number of nitrogens with zero attached hydrogens (tertiary/aromatic N) is 3. The number of hydrogen-bond acceptors (Lipinski definition) is 8. The summed E-state index contributed by atoms with van der Waals surface area (Å²) in [6.45, 7) is 1.08. The van der Waals surface area contributed by atoms with Crippen molar-refractivity contribution in [3.63, 3.8) is 0 Å². The molecule has 3 aromatic rings. The number of methoxy groups -OCH3 is 2. The number of aromatic nitrogens is 2. The molecule has 2 N–H and O–H groups in total. The van der Waals surface area contributed by atoms with Crippen LogP contribution in [0.15, 0.2) is 54.6 Å². The monoisotopic (exact) mass is 532 g/mol. The molecule has 202 valence electrons. The van der Waals surface area contributed by atoms with E-state index in [-0.39, 0.29) is 24.2 Å². The fraction of sp³-hybridized carbons (Fsp3) is 0.346. The van der Waals surface area contributed by atoms with Crippen LogP contribution >= 0.6 is 0 Å². The van der Waals surface area contributed by atoms with Crippen LogP contribution in [-0.2, 0) is 11.2 Å². The van der Waals surface area contributed by atoms with E-state index in [0.29, 0.717) is 36.9 Å². The van der Waals surface area contributed by atoms with Gasteiger partial charge in [0, 0.05) is 31.6 Å². The number of nitrogens with one attached hydrogen (secondary N) is 1. The molecular weight excluding hydrogens is 505 g/mol. The summed E-state index contributed by atoms with van der Waals surface area (Å²) in [6.07, 6.45) is -4.23. The lowest BCUT2D eigenvalue weighted by molar-refractivity contribution is -0.274. The third-order valence-electron chi connectivity index (χ3n) is 6.25. The maximum Gasteiger partial charge on any atom is 0.573 e. The van der Waals surface area contributed by atoms with Gasteiger partial charge in [0.05, 0.1) is 20.1 Å². The van der Waals surface area contributed by atoms with Crippen molar-refractivity contribution in [1.29, 1.82) is 0 Å². The van der Waals surface area contributed by atoms with Gasteiger partial charge in [-0.1, -0.05) is 30.3 Å². The van der Waals surface area contributed by atoms with E-state index >= 15 is 0 Å². The van der Waals surface area contributed by atoms with E-state index in [1.807, 2.05) is 29.2 Å². The number of carboxylic acids is 1. The molecule has 0 spiro atoms. The molecule has 2 atom stereocenters. The Bertz CT molecular complexity index is 1260. The van der Waals surface area contributed by atoms with Crippen molar-refractivity contribution >= 4 is 17.6 Å². The third kappa shape index (κ3) is 6.55. The first-order chi connectivity index (χ1) is 18.2. The van der Waals surface area contributed by atoms with Crippen LogP contribution in [0.4, 0.5) is 24.8 Å². The number of ether oxygens (including phenoxy) is 3. The van der Waals surface area contributed by atoms with Crippen LogP contribution in [0.25, 0.3) is 0 Å². The van der Waals surface area contributed by atoms with Crippen LogP contribution < -0.4 is 24.4 Å². The van der Waals surface area contributed by atoms with Crippen molar-refractivity contribution in [2.45, 2.75) is 18.7 Å². The number of hydrogen-bond donors (Lipinski definition) is 2. The number of alkyl halides is 3. The molecule has 0 saturated carbocycles. The Morgan fingerprint density at radius 3 is 2.47 bits per heavy atom. The number of aliphatic carboxylic acids is 1. The first-order valence-electron chi connectivity index (χ1n) is 11.8. The van der Waals surface area contributed by atoms with Crippen LogP contribution in [0.2, 0.25) is 0 Å². The van der Waals surface area contributed by atoms with Crippen molar-refractivity contribution in [3.8, 4) is 17.5 Å². The Kier molecular flexibility index (Phi) is 8.08. The summed E-state index contributed by atoms with van der Waals surface area (Å²) in [5.41, 5.74) is 1.62. The number of halogens is 3. The van der Waals surface area contributed by atoms with Gasteiger partial charge < -0.3 is 29.5 Å². The molecule has 4 rings (SSSR count). The van der Waals surface area contributed by atoms with Gasteiger partial charge in [-0.3, -0.25) is 4.79 Å². The average molecular weight is 533 g/mol. The summed E-state index contributed by atoms with van der Waals surface area (Å²) in [5, 5.41) is 13.1. The molecule has 0 radical (unpaired) electrons. The largest absolute Gasteiger partial charge is 0.573 e. The van der Waals surface area contributed by atoms with Crippen molar-refractivity contribution < 1.29 is 37.3 Å². The van der Waals surface area contributed by atoms with Gasteiger partial charge in [-0.25, -0.2) is 0 Å². The molecule has 0 aliphatic carbocycles. The lowest BCUT2D eigenvalue weighted by atomic mass is 9.88. The number of benzene rings is 2. The smallest absolute Gasteiger partial charge is 0.496 e. The van der Waals surface area contributed by atoms with Crippen LogP contribution in [0, 0.1) is 5.92 Å². The van der Waals surface area contributed by atoms with Crippen LogP contribution in [0.1, 0.15) is 17.0 Å². The normalized spacial score (nSPS) is 17.2. The maximum atomic E-state index is 12.3. The van der Waals surface area contributed by atoms with Gasteiger partial charge in [0.15, 0.2) is 0 Å². The van der Waals surface area contributed by atoms with Crippen molar-refractivity contribution in [2.24, 2.45) is 5.92 Å². The molecule has 12 heteroatoms. The number of anilines is 2. The zero-order valence-corrected chi connectivity index (χ0v) is 20.7. The van der Waals surface area contributed by atoms with Gasteiger partial charge in [-0.2, -0.15) is 9.97 Å². The number of rotatable bonds is 10. The summed E-state index contributed by atoms with van der Waals surface area (Å²) >= 11 is 0. The van der Waals surface area contributed by atoms with Gasteiger partial charge in [0.2, 0.25) is 0 Å². The molecule has 38 heavy (non-hydrogen) atoms. The summed E-state index contributed by atoms with van der Waals surface area (Å²) in [5.74, 6) is -0.567.